The van der Waals surface area contributed by atoms with Crippen LogP contribution in [0.2, 0.25) is 0 Å². The summed E-state index contributed by atoms with van der Waals surface area (Å²) in [6.45, 7) is 10.3. The summed E-state index contributed by atoms with van der Waals surface area (Å²) < 4.78 is 12.2. The summed E-state index contributed by atoms with van der Waals surface area (Å²) in [7, 11) is -0.308. The Labute approximate surface area is 120 Å². The molecule has 1 aromatic carbocycles. The summed E-state index contributed by atoms with van der Waals surface area (Å²) >= 11 is 0. The predicted molar refractivity (Wildman–Crippen MR) is 82.2 cm³/mol. The lowest BCUT2D eigenvalue weighted by Gasteiger charge is -2.32. The van der Waals surface area contributed by atoms with Crippen molar-refractivity contribution in [1.82, 2.24) is 4.98 Å². The molecule has 3 rings (SSSR count). The van der Waals surface area contributed by atoms with Gasteiger partial charge in [0.1, 0.15) is 0 Å². The Bertz CT molecular complexity index is 651. The van der Waals surface area contributed by atoms with Gasteiger partial charge in [-0.1, -0.05) is 18.2 Å². The van der Waals surface area contributed by atoms with E-state index in [4.69, 9.17) is 9.31 Å². The summed E-state index contributed by atoms with van der Waals surface area (Å²) in [4.78, 5) is 4.32. The van der Waals surface area contributed by atoms with Gasteiger partial charge in [-0.05, 0) is 51.5 Å². The Morgan fingerprint density at radius 2 is 1.65 bits per heavy atom. The maximum Gasteiger partial charge on any atom is 0.494 e. The number of aryl methyl sites for hydroxylation is 1. The molecular formula is C16H20BNO2. The lowest BCUT2D eigenvalue weighted by atomic mass is 9.78. The first-order valence-corrected chi connectivity index (χ1v) is 7.01. The number of pyridine rings is 1. The van der Waals surface area contributed by atoms with Crippen LogP contribution >= 0.6 is 0 Å². The molecule has 0 unspecified atom stereocenters. The second-order valence-electron chi connectivity index (χ2n) is 6.47. The molecule has 104 valence electrons. The largest absolute Gasteiger partial charge is 0.494 e. The van der Waals surface area contributed by atoms with Gasteiger partial charge in [0, 0.05) is 17.3 Å². The molecule has 2 heterocycles. The number of benzene rings is 1. The number of rotatable bonds is 1. The van der Waals surface area contributed by atoms with Crippen molar-refractivity contribution in [2.75, 3.05) is 0 Å². The van der Waals surface area contributed by atoms with Crippen LogP contribution in [0.5, 0.6) is 0 Å². The molecule has 2 aromatic rings. The minimum Gasteiger partial charge on any atom is -0.399 e. The summed E-state index contributed by atoms with van der Waals surface area (Å²) in [6, 6.07) is 8.32. The summed E-state index contributed by atoms with van der Waals surface area (Å²) in [5, 5.41) is 2.34. The quantitative estimate of drug-likeness (QED) is 0.746. The van der Waals surface area contributed by atoms with E-state index >= 15 is 0 Å². The normalized spacial score (nSPS) is 20.6. The van der Waals surface area contributed by atoms with Gasteiger partial charge in [-0.3, -0.25) is 4.98 Å². The molecule has 1 aromatic heterocycles. The predicted octanol–water partition coefficient (Wildman–Crippen LogP) is 2.84. The lowest BCUT2D eigenvalue weighted by Crippen LogP contribution is -2.41. The minimum absolute atomic E-state index is 0.305. The van der Waals surface area contributed by atoms with Gasteiger partial charge in [-0.2, -0.15) is 0 Å². The number of nitrogens with zero attached hydrogens (tertiary/aromatic N) is 1. The maximum atomic E-state index is 6.09. The van der Waals surface area contributed by atoms with Crippen LogP contribution < -0.4 is 5.46 Å². The molecule has 1 aliphatic rings. The highest BCUT2D eigenvalue weighted by atomic mass is 16.7. The number of hydrogen-bond acceptors (Lipinski definition) is 3. The molecule has 0 radical (unpaired) electrons. The number of hydrogen-bond donors (Lipinski definition) is 0. The fourth-order valence-corrected chi connectivity index (χ4v) is 2.47. The molecule has 0 atom stereocenters. The van der Waals surface area contributed by atoms with E-state index in [0.717, 1.165) is 11.2 Å². The summed E-state index contributed by atoms with van der Waals surface area (Å²) in [5.74, 6) is 0. The first kappa shape index (κ1) is 13.6. The molecule has 1 saturated heterocycles. The molecule has 0 aliphatic carbocycles. The number of aromatic nitrogens is 1. The van der Waals surface area contributed by atoms with E-state index in [1.54, 1.807) is 0 Å². The minimum atomic E-state index is -0.308. The molecule has 0 amide bonds. The van der Waals surface area contributed by atoms with Crippen LogP contribution in [0.1, 0.15) is 33.4 Å². The van der Waals surface area contributed by atoms with Gasteiger partial charge >= 0.3 is 7.12 Å². The van der Waals surface area contributed by atoms with E-state index in [1.165, 1.54) is 10.8 Å². The van der Waals surface area contributed by atoms with Crippen LogP contribution in [-0.2, 0) is 9.31 Å². The molecule has 20 heavy (non-hydrogen) atoms. The zero-order valence-electron chi connectivity index (χ0n) is 12.7. The van der Waals surface area contributed by atoms with E-state index in [-0.39, 0.29) is 18.3 Å². The SMILES string of the molecule is Cc1nccc2cc(B3OC(C)(C)C(C)(C)O3)ccc12. The third-order valence-corrected chi connectivity index (χ3v) is 4.51. The Hall–Kier alpha value is -1.39. The summed E-state index contributed by atoms with van der Waals surface area (Å²) in [6.07, 6.45) is 1.84. The van der Waals surface area contributed by atoms with E-state index in [2.05, 4.69) is 50.9 Å². The van der Waals surface area contributed by atoms with Crippen molar-refractivity contribution in [2.24, 2.45) is 0 Å². The van der Waals surface area contributed by atoms with E-state index in [9.17, 15) is 0 Å². The van der Waals surface area contributed by atoms with Crippen molar-refractivity contribution in [3.05, 3.63) is 36.2 Å². The molecule has 0 bridgehead atoms. The zero-order chi connectivity index (χ0) is 14.5. The average molecular weight is 269 g/mol. The van der Waals surface area contributed by atoms with Gasteiger partial charge in [-0.15, -0.1) is 0 Å². The van der Waals surface area contributed by atoms with Gasteiger partial charge < -0.3 is 9.31 Å². The van der Waals surface area contributed by atoms with Crippen LogP contribution in [0.3, 0.4) is 0 Å². The van der Waals surface area contributed by atoms with Crippen molar-refractivity contribution >= 4 is 23.4 Å². The van der Waals surface area contributed by atoms with Gasteiger partial charge in [-0.25, -0.2) is 0 Å². The maximum absolute atomic E-state index is 6.09. The molecule has 0 saturated carbocycles. The Balaban J connectivity index is 2.00. The first-order valence-electron chi connectivity index (χ1n) is 7.01. The smallest absolute Gasteiger partial charge is 0.399 e. The van der Waals surface area contributed by atoms with E-state index in [1.807, 2.05) is 19.2 Å². The van der Waals surface area contributed by atoms with Crippen LogP contribution in [0.25, 0.3) is 10.8 Å². The highest BCUT2D eigenvalue weighted by molar-refractivity contribution is 6.62. The fraction of sp³-hybridized carbons (Fsp3) is 0.438. The second-order valence-corrected chi connectivity index (χ2v) is 6.47. The lowest BCUT2D eigenvalue weighted by molar-refractivity contribution is 0.00578. The molecular weight excluding hydrogens is 249 g/mol. The van der Waals surface area contributed by atoms with Gasteiger partial charge in [0.15, 0.2) is 0 Å². The van der Waals surface area contributed by atoms with E-state index < -0.39 is 0 Å². The van der Waals surface area contributed by atoms with Gasteiger partial charge in [0.25, 0.3) is 0 Å². The standard InChI is InChI=1S/C16H20BNO2/c1-11-14-7-6-13(10-12(14)8-9-18-11)17-19-15(2,3)16(4,5)20-17/h6-10H,1-5H3. The summed E-state index contributed by atoms with van der Waals surface area (Å²) in [5.41, 5.74) is 1.49. The van der Waals surface area contributed by atoms with Crippen molar-refractivity contribution in [3.63, 3.8) is 0 Å². The van der Waals surface area contributed by atoms with Crippen LogP contribution in [0.15, 0.2) is 30.5 Å². The van der Waals surface area contributed by atoms with E-state index in [0.29, 0.717) is 0 Å². The first-order chi connectivity index (χ1) is 9.30. The van der Waals surface area contributed by atoms with Crippen LogP contribution in [0.4, 0.5) is 0 Å². The van der Waals surface area contributed by atoms with Crippen LogP contribution in [-0.4, -0.2) is 23.3 Å². The Morgan fingerprint density at radius 3 is 2.30 bits per heavy atom. The highest BCUT2D eigenvalue weighted by Gasteiger charge is 2.51. The highest BCUT2D eigenvalue weighted by Crippen LogP contribution is 2.36. The Kier molecular flexibility index (Phi) is 2.92. The third kappa shape index (κ3) is 2.04. The molecule has 3 nitrogen and oxygen atoms in total. The molecule has 1 aliphatic heterocycles. The average Bonchev–Trinajstić information content (AvgIpc) is 2.58. The van der Waals surface area contributed by atoms with Crippen molar-refractivity contribution < 1.29 is 9.31 Å². The van der Waals surface area contributed by atoms with Gasteiger partial charge in [0.05, 0.1) is 11.2 Å². The number of fused-ring (bicyclic) bond motifs is 1. The third-order valence-electron chi connectivity index (χ3n) is 4.51. The van der Waals surface area contributed by atoms with Crippen molar-refractivity contribution in [3.8, 4) is 0 Å². The van der Waals surface area contributed by atoms with Crippen molar-refractivity contribution in [1.29, 1.82) is 0 Å². The molecule has 1 fully saturated rings. The van der Waals surface area contributed by atoms with Gasteiger partial charge in [0.2, 0.25) is 0 Å². The molecule has 0 spiro atoms. The second kappa shape index (κ2) is 4.30. The Morgan fingerprint density at radius 1 is 1.00 bits per heavy atom. The van der Waals surface area contributed by atoms with Crippen LogP contribution in [0, 0.1) is 6.92 Å². The monoisotopic (exact) mass is 269 g/mol. The molecule has 4 heteroatoms. The topological polar surface area (TPSA) is 31.4 Å². The fourth-order valence-electron chi connectivity index (χ4n) is 2.47. The van der Waals surface area contributed by atoms with Crippen molar-refractivity contribution in [2.45, 2.75) is 45.8 Å². The molecule has 0 N–H and O–H groups in total. The zero-order valence-corrected chi connectivity index (χ0v) is 12.7.